The highest BCUT2D eigenvalue weighted by atomic mass is 19.1. The zero-order valence-corrected chi connectivity index (χ0v) is 5.10. The van der Waals surface area contributed by atoms with E-state index in [1.807, 2.05) is 6.08 Å². The Morgan fingerprint density at radius 1 is 1.38 bits per heavy atom. The van der Waals surface area contributed by atoms with Crippen molar-refractivity contribution in [2.45, 2.75) is 19.8 Å². The number of halogens is 1. The van der Waals surface area contributed by atoms with Crippen molar-refractivity contribution in [1.29, 1.82) is 0 Å². The van der Waals surface area contributed by atoms with Crippen molar-refractivity contribution < 1.29 is 4.39 Å². The number of unbranched alkanes of at least 4 members (excludes halogenated alkanes) is 1. The summed E-state index contributed by atoms with van der Waals surface area (Å²) in [5, 5.41) is 0. The second kappa shape index (κ2) is 6.41. The molecule has 0 nitrogen and oxygen atoms in total. The molecule has 0 saturated carbocycles. The molecular formula is C7H11F. The smallest absolute Gasteiger partial charge is 0.0866 e. The number of rotatable bonds is 3. The molecule has 0 rings (SSSR count). The van der Waals surface area contributed by atoms with Crippen molar-refractivity contribution in [2.75, 3.05) is 0 Å². The second-order valence-electron chi connectivity index (χ2n) is 1.54. The summed E-state index contributed by atoms with van der Waals surface area (Å²) in [5.41, 5.74) is 0. The largest absolute Gasteiger partial charge is 0.216 e. The number of hydrogen-bond acceptors (Lipinski definition) is 0. The van der Waals surface area contributed by atoms with Crippen molar-refractivity contribution in [2.24, 2.45) is 0 Å². The summed E-state index contributed by atoms with van der Waals surface area (Å²) in [4.78, 5) is 0. The lowest BCUT2D eigenvalue weighted by atomic mass is 10.3. The van der Waals surface area contributed by atoms with Crippen molar-refractivity contribution >= 4 is 0 Å². The van der Waals surface area contributed by atoms with Crippen LogP contribution in [0.4, 0.5) is 4.39 Å². The lowest BCUT2D eigenvalue weighted by molar-refractivity contribution is 0.721. The van der Waals surface area contributed by atoms with Gasteiger partial charge < -0.3 is 0 Å². The molecule has 1 heteroatoms. The van der Waals surface area contributed by atoms with Gasteiger partial charge in [-0.25, -0.2) is 4.39 Å². The van der Waals surface area contributed by atoms with Crippen LogP contribution in [0, 0.1) is 0 Å². The zero-order valence-electron chi connectivity index (χ0n) is 5.10. The third-order valence-electron chi connectivity index (χ3n) is 0.775. The van der Waals surface area contributed by atoms with Gasteiger partial charge in [-0.05, 0) is 12.5 Å². The van der Waals surface area contributed by atoms with E-state index in [-0.39, 0.29) is 0 Å². The van der Waals surface area contributed by atoms with Crippen LogP contribution >= 0.6 is 0 Å². The van der Waals surface area contributed by atoms with E-state index in [0.717, 1.165) is 12.8 Å². The average Bonchev–Trinajstić information content (AvgIpc) is 1.81. The quantitative estimate of drug-likeness (QED) is 0.495. The Labute approximate surface area is 49.7 Å². The fourth-order valence-corrected chi connectivity index (χ4v) is 0.383. The molecule has 0 aromatic carbocycles. The first kappa shape index (κ1) is 7.41. The highest BCUT2D eigenvalue weighted by Gasteiger charge is 1.67. The summed E-state index contributed by atoms with van der Waals surface area (Å²) in [6.07, 6.45) is 7.72. The first-order valence-electron chi connectivity index (χ1n) is 2.83. The van der Waals surface area contributed by atoms with Crippen LogP contribution in [0.25, 0.3) is 0 Å². The molecule has 0 saturated heterocycles. The van der Waals surface area contributed by atoms with Crippen LogP contribution < -0.4 is 0 Å². The van der Waals surface area contributed by atoms with E-state index in [1.54, 1.807) is 6.08 Å². The Morgan fingerprint density at radius 3 is 2.62 bits per heavy atom. The summed E-state index contributed by atoms with van der Waals surface area (Å²) >= 11 is 0. The van der Waals surface area contributed by atoms with Crippen molar-refractivity contribution in [1.82, 2.24) is 0 Å². The Bertz CT molecular complexity index is 82.4. The second-order valence-corrected chi connectivity index (χ2v) is 1.54. The van der Waals surface area contributed by atoms with E-state index in [2.05, 4.69) is 6.92 Å². The molecular weight excluding hydrogens is 103 g/mol. The van der Waals surface area contributed by atoms with E-state index >= 15 is 0 Å². The minimum atomic E-state index is 0.534. The molecule has 0 aliphatic rings. The normalized spacial score (nSPS) is 11.8. The minimum Gasteiger partial charge on any atom is -0.216 e. The highest BCUT2D eigenvalue weighted by Crippen LogP contribution is 1.88. The van der Waals surface area contributed by atoms with Gasteiger partial charge in [-0.2, -0.15) is 0 Å². The SMILES string of the molecule is CCC/C=C\C=C/F. The summed E-state index contributed by atoms with van der Waals surface area (Å²) in [7, 11) is 0. The molecule has 0 atom stereocenters. The summed E-state index contributed by atoms with van der Waals surface area (Å²) in [6.45, 7) is 2.09. The van der Waals surface area contributed by atoms with E-state index < -0.39 is 0 Å². The van der Waals surface area contributed by atoms with Gasteiger partial charge in [0, 0.05) is 0 Å². The third-order valence-corrected chi connectivity index (χ3v) is 0.775. The fourth-order valence-electron chi connectivity index (χ4n) is 0.383. The van der Waals surface area contributed by atoms with Crippen molar-refractivity contribution in [3.63, 3.8) is 0 Å². The molecule has 0 fully saturated rings. The van der Waals surface area contributed by atoms with Crippen molar-refractivity contribution in [3.8, 4) is 0 Å². The monoisotopic (exact) mass is 114 g/mol. The third kappa shape index (κ3) is 5.41. The van der Waals surface area contributed by atoms with Crippen LogP contribution in [0.3, 0.4) is 0 Å². The molecule has 0 heterocycles. The van der Waals surface area contributed by atoms with Crippen LogP contribution in [0.1, 0.15) is 19.8 Å². The molecule has 0 N–H and O–H groups in total. The van der Waals surface area contributed by atoms with Gasteiger partial charge in [0.05, 0.1) is 6.33 Å². The lowest BCUT2D eigenvalue weighted by Crippen LogP contribution is -1.57. The van der Waals surface area contributed by atoms with Crippen LogP contribution in [-0.2, 0) is 0 Å². The Morgan fingerprint density at radius 2 is 2.12 bits per heavy atom. The van der Waals surface area contributed by atoms with E-state index in [9.17, 15) is 4.39 Å². The molecule has 0 amide bonds. The van der Waals surface area contributed by atoms with Gasteiger partial charge in [-0.3, -0.25) is 0 Å². The van der Waals surface area contributed by atoms with Gasteiger partial charge in [-0.1, -0.05) is 25.5 Å². The maximum Gasteiger partial charge on any atom is 0.0866 e. The maximum absolute atomic E-state index is 11.2. The minimum absolute atomic E-state index is 0.534. The van der Waals surface area contributed by atoms with Gasteiger partial charge in [0.2, 0.25) is 0 Å². The average molecular weight is 114 g/mol. The van der Waals surface area contributed by atoms with E-state index in [0.29, 0.717) is 6.33 Å². The number of allylic oxidation sites excluding steroid dienone is 3. The number of hydrogen-bond donors (Lipinski definition) is 0. The van der Waals surface area contributed by atoms with Crippen LogP contribution in [-0.4, -0.2) is 0 Å². The van der Waals surface area contributed by atoms with E-state index in [1.165, 1.54) is 6.08 Å². The first-order valence-corrected chi connectivity index (χ1v) is 2.83. The topological polar surface area (TPSA) is 0 Å². The highest BCUT2D eigenvalue weighted by molar-refractivity contribution is 4.98. The molecule has 0 aromatic heterocycles. The van der Waals surface area contributed by atoms with Gasteiger partial charge in [0.15, 0.2) is 0 Å². The lowest BCUT2D eigenvalue weighted by Gasteiger charge is -1.77. The molecule has 8 heavy (non-hydrogen) atoms. The molecule has 0 aliphatic carbocycles. The van der Waals surface area contributed by atoms with Crippen molar-refractivity contribution in [3.05, 3.63) is 24.6 Å². The predicted octanol–water partition coefficient (Wildman–Crippen LogP) is 2.83. The van der Waals surface area contributed by atoms with Gasteiger partial charge in [-0.15, -0.1) is 0 Å². The van der Waals surface area contributed by atoms with Gasteiger partial charge in [0.1, 0.15) is 0 Å². The van der Waals surface area contributed by atoms with Gasteiger partial charge in [0.25, 0.3) is 0 Å². The first-order chi connectivity index (χ1) is 3.91. The fraction of sp³-hybridized carbons (Fsp3) is 0.429. The Hall–Kier alpha value is -0.590. The molecule has 0 unspecified atom stereocenters. The Kier molecular flexibility index (Phi) is 5.94. The summed E-state index contributed by atoms with van der Waals surface area (Å²) in [6, 6.07) is 0. The molecule has 0 spiro atoms. The van der Waals surface area contributed by atoms with Gasteiger partial charge >= 0.3 is 0 Å². The summed E-state index contributed by atoms with van der Waals surface area (Å²) < 4.78 is 11.2. The molecule has 0 radical (unpaired) electrons. The van der Waals surface area contributed by atoms with E-state index in [4.69, 9.17) is 0 Å². The maximum atomic E-state index is 11.2. The Balaban J connectivity index is 3.07. The summed E-state index contributed by atoms with van der Waals surface area (Å²) in [5.74, 6) is 0. The molecule has 0 aliphatic heterocycles. The van der Waals surface area contributed by atoms with Crippen LogP contribution in [0.5, 0.6) is 0 Å². The zero-order chi connectivity index (χ0) is 6.24. The molecule has 0 aromatic rings. The van der Waals surface area contributed by atoms with Crippen LogP contribution in [0.2, 0.25) is 0 Å². The molecule has 46 valence electrons. The standard InChI is InChI=1S/C7H11F/c1-2-3-4-5-6-7-8/h4-7H,2-3H2,1H3/b5-4-,7-6-. The van der Waals surface area contributed by atoms with Crippen LogP contribution in [0.15, 0.2) is 24.6 Å². The predicted molar refractivity (Wildman–Crippen MR) is 34.3 cm³/mol. The molecule has 0 bridgehead atoms.